The number of nitrogens with one attached hydrogen (secondary N) is 1. The first-order valence-corrected chi connectivity index (χ1v) is 15.2. The van der Waals surface area contributed by atoms with Crippen LogP contribution in [-0.4, -0.2) is 72.4 Å². The monoisotopic (exact) mass is 659 g/mol. The Balaban J connectivity index is 1.07. The number of ether oxygens (including phenoxy) is 1. The van der Waals surface area contributed by atoms with Gasteiger partial charge in [0.1, 0.15) is 16.6 Å². The summed E-state index contributed by atoms with van der Waals surface area (Å²) in [7, 11) is -5.44. The lowest BCUT2D eigenvalue weighted by Crippen LogP contribution is -2.49. The first kappa shape index (κ1) is 31.5. The fraction of sp³-hybridized carbons (Fsp3) is 0.296. The van der Waals surface area contributed by atoms with E-state index in [9.17, 15) is 39.6 Å². The Labute approximate surface area is 251 Å². The first-order chi connectivity index (χ1) is 20.7. The normalized spacial score (nSPS) is 15.0. The molecule has 0 aliphatic carbocycles. The molecule has 1 N–H and O–H groups in total. The number of halogens is 6. The zero-order chi connectivity index (χ0) is 31.7. The number of fused-ring (bicyclic) bond motifs is 1. The van der Waals surface area contributed by atoms with Gasteiger partial charge in [0.25, 0.3) is 15.7 Å². The van der Waals surface area contributed by atoms with Crippen LogP contribution in [0, 0.1) is 0 Å². The molecule has 234 valence electrons. The van der Waals surface area contributed by atoms with E-state index in [1.165, 1.54) is 41.8 Å². The number of amides is 1. The molecule has 0 atom stereocenters. The molecule has 3 heterocycles. The van der Waals surface area contributed by atoms with Gasteiger partial charge in [-0.3, -0.25) is 9.69 Å². The summed E-state index contributed by atoms with van der Waals surface area (Å²) < 4.78 is 106. The van der Waals surface area contributed by atoms with Crippen LogP contribution in [0.4, 0.5) is 37.8 Å². The minimum Gasteiger partial charge on any atom is -0.482 e. The van der Waals surface area contributed by atoms with E-state index in [0.29, 0.717) is 65.2 Å². The average Bonchev–Trinajstić information content (AvgIpc) is 3.38. The van der Waals surface area contributed by atoms with Gasteiger partial charge in [0.15, 0.2) is 6.61 Å². The van der Waals surface area contributed by atoms with Gasteiger partial charge in [-0.25, -0.2) is 18.4 Å². The molecule has 17 heteroatoms. The van der Waals surface area contributed by atoms with Gasteiger partial charge in [-0.1, -0.05) is 0 Å². The van der Waals surface area contributed by atoms with Crippen molar-refractivity contribution in [2.75, 3.05) is 38.1 Å². The molecule has 1 fully saturated rings. The number of piperazine rings is 1. The van der Waals surface area contributed by atoms with Crippen LogP contribution < -0.4 is 10.1 Å². The second kappa shape index (κ2) is 12.2. The van der Waals surface area contributed by atoms with Crippen LogP contribution >= 0.6 is 11.3 Å². The summed E-state index contributed by atoms with van der Waals surface area (Å²) in [6.45, 7) is 2.22. The van der Waals surface area contributed by atoms with Crippen molar-refractivity contribution in [3.05, 3.63) is 71.4 Å². The molecular weight excluding hydrogens is 636 g/mol. The smallest absolute Gasteiger partial charge is 0.482 e. The highest BCUT2D eigenvalue weighted by atomic mass is 32.2. The maximum Gasteiger partial charge on any atom is 0.501 e. The number of rotatable bonds is 8. The Kier molecular flexibility index (Phi) is 8.73. The van der Waals surface area contributed by atoms with Gasteiger partial charge in [0.05, 0.1) is 33.4 Å². The van der Waals surface area contributed by atoms with Gasteiger partial charge >= 0.3 is 11.7 Å². The first-order valence-electron chi connectivity index (χ1n) is 12.9. The Morgan fingerprint density at radius 1 is 0.955 bits per heavy atom. The van der Waals surface area contributed by atoms with E-state index in [2.05, 4.69) is 20.2 Å². The van der Waals surface area contributed by atoms with Crippen molar-refractivity contribution < 1.29 is 44.3 Å². The van der Waals surface area contributed by atoms with Crippen molar-refractivity contribution in [1.82, 2.24) is 19.8 Å². The van der Waals surface area contributed by atoms with Crippen LogP contribution in [0.5, 0.6) is 5.75 Å². The molecule has 2 aromatic carbocycles. The minimum atomic E-state index is -5.44. The van der Waals surface area contributed by atoms with Crippen LogP contribution in [0.3, 0.4) is 0 Å². The summed E-state index contributed by atoms with van der Waals surface area (Å²) in [5.74, 6) is 0.374. The SMILES string of the molecule is O=C(COc1ccc(Nc2ccc(S(=O)(=O)C(F)(F)F)cc2)nc1)N1CCN(Cc2nc3cc(C(F)(F)F)ccc3s2)CC1. The summed E-state index contributed by atoms with van der Waals surface area (Å²) >= 11 is 1.34. The lowest BCUT2D eigenvalue weighted by molar-refractivity contribution is -0.137. The predicted octanol–water partition coefficient (Wildman–Crippen LogP) is 5.47. The molecule has 0 spiro atoms. The predicted molar refractivity (Wildman–Crippen MR) is 149 cm³/mol. The second-order valence-electron chi connectivity index (χ2n) is 9.71. The van der Waals surface area contributed by atoms with Crippen molar-refractivity contribution in [2.24, 2.45) is 0 Å². The maximum absolute atomic E-state index is 13.0. The van der Waals surface area contributed by atoms with Crippen LogP contribution in [0.1, 0.15) is 10.6 Å². The average molecular weight is 660 g/mol. The Morgan fingerprint density at radius 3 is 2.27 bits per heavy atom. The molecule has 1 saturated heterocycles. The zero-order valence-electron chi connectivity index (χ0n) is 22.5. The third-order valence-corrected chi connectivity index (χ3v) is 9.21. The molecule has 2 aromatic heterocycles. The highest BCUT2D eigenvalue weighted by molar-refractivity contribution is 7.92. The van der Waals surface area contributed by atoms with E-state index in [1.54, 1.807) is 11.0 Å². The number of carbonyl (C=O) groups excluding carboxylic acids is 1. The standard InChI is InChI=1S/C27H23F6N5O4S2/c28-26(29,30)17-1-7-22-21(13-17)36-24(43-22)15-37-9-11-38(12-10-37)25(39)16-42-19-4-8-23(34-14-19)35-18-2-5-20(6-3-18)44(40,41)27(31,32)33/h1-8,13-14H,9-12,15-16H2,(H,34,35). The van der Waals surface area contributed by atoms with Crippen molar-refractivity contribution in [3.8, 4) is 5.75 Å². The number of thiazole rings is 1. The van der Waals surface area contributed by atoms with Gasteiger partial charge in [0, 0.05) is 31.9 Å². The fourth-order valence-electron chi connectivity index (χ4n) is 4.34. The van der Waals surface area contributed by atoms with Crippen molar-refractivity contribution in [3.63, 3.8) is 0 Å². The number of alkyl halides is 6. The molecular formula is C27H23F6N5O4S2. The summed E-state index contributed by atoms with van der Waals surface area (Å²) in [6, 6.07) is 10.6. The van der Waals surface area contributed by atoms with Gasteiger partial charge in [-0.2, -0.15) is 26.3 Å². The molecule has 0 radical (unpaired) electrons. The number of hydrogen-bond donors (Lipinski definition) is 1. The molecule has 1 amide bonds. The second-order valence-corrected chi connectivity index (χ2v) is 12.8. The number of pyridine rings is 1. The number of anilines is 2. The molecule has 0 saturated carbocycles. The molecule has 44 heavy (non-hydrogen) atoms. The van der Waals surface area contributed by atoms with Crippen LogP contribution in [0.15, 0.2) is 65.7 Å². The van der Waals surface area contributed by atoms with E-state index in [1.807, 2.05) is 0 Å². The van der Waals surface area contributed by atoms with Crippen molar-refractivity contribution in [1.29, 1.82) is 0 Å². The van der Waals surface area contributed by atoms with E-state index < -0.39 is 32.0 Å². The largest absolute Gasteiger partial charge is 0.501 e. The molecule has 1 aliphatic heterocycles. The lowest BCUT2D eigenvalue weighted by Gasteiger charge is -2.34. The fourth-order valence-corrected chi connectivity index (χ4v) is 6.09. The minimum absolute atomic E-state index is 0.233. The Morgan fingerprint density at radius 2 is 1.66 bits per heavy atom. The number of carbonyl (C=O) groups is 1. The summed E-state index contributed by atoms with van der Waals surface area (Å²) in [4.78, 5) is 24.0. The lowest BCUT2D eigenvalue weighted by atomic mass is 10.2. The Bertz CT molecular complexity index is 1740. The molecule has 5 rings (SSSR count). The van der Waals surface area contributed by atoms with E-state index in [-0.39, 0.29) is 12.5 Å². The van der Waals surface area contributed by atoms with E-state index >= 15 is 0 Å². The highest BCUT2D eigenvalue weighted by Crippen LogP contribution is 2.33. The Hall–Kier alpha value is -3.96. The van der Waals surface area contributed by atoms with Gasteiger partial charge < -0.3 is 15.0 Å². The van der Waals surface area contributed by atoms with Gasteiger partial charge in [0.2, 0.25) is 0 Å². The van der Waals surface area contributed by atoms with Gasteiger partial charge in [-0.15, -0.1) is 11.3 Å². The quantitative estimate of drug-likeness (QED) is 0.249. The summed E-state index contributed by atoms with van der Waals surface area (Å²) in [6.07, 6.45) is -3.08. The number of aromatic nitrogens is 2. The number of hydrogen-bond acceptors (Lipinski definition) is 9. The van der Waals surface area contributed by atoms with E-state index in [0.717, 1.165) is 24.3 Å². The molecule has 0 unspecified atom stereocenters. The van der Waals surface area contributed by atoms with Gasteiger partial charge in [-0.05, 0) is 54.6 Å². The van der Waals surface area contributed by atoms with Crippen molar-refractivity contribution in [2.45, 2.75) is 23.1 Å². The summed E-state index contributed by atoms with van der Waals surface area (Å²) in [5.41, 5.74) is -5.52. The number of nitrogens with zero attached hydrogens (tertiary/aromatic N) is 4. The number of sulfone groups is 1. The topological polar surface area (TPSA) is 105 Å². The molecule has 4 aromatic rings. The number of benzene rings is 2. The zero-order valence-corrected chi connectivity index (χ0v) is 24.2. The third kappa shape index (κ3) is 7.22. The van der Waals surface area contributed by atoms with E-state index in [4.69, 9.17) is 4.74 Å². The maximum atomic E-state index is 13.0. The highest BCUT2D eigenvalue weighted by Gasteiger charge is 2.46. The van der Waals surface area contributed by atoms with Crippen LogP contribution in [0.2, 0.25) is 0 Å². The molecule has 0 bridgehead atoms. The molecule has 9 nitrogen and oxygen atoms in total. The van der Waals surface area contributed by atoms with Crippen molar-refractivity contribution >= 4 is 48.8 Å². The van der Waals surface area contributed by atoms with Crippen LogP contribution in [0.25, 0.3) is 10.2 Å². The van der Waals surface area contributed by atoms with Crippen LogP contribution in [-0.2, 0) is 27.4 Å². The summed E-state index contributed by atoms with van der Waals surface area (Å²) in [5, 5.41) is 3.52. The third-order valence-electron chi connectivity index (χ3n) is 6.68. The molecule has 1 aliphatic rings.